The maximum atomic E-state index is 6.05. The van der Waals surface area contributed by atoms with Crippen LogP contribution >= 0.6 is 0 Å². The van der Waals surface area contributed by atoms with E-state index in [0.29, 0.717) is 12.5 Å². The third kappa shape index (κ3) is 3.33. The first-order valence-electron chi connectivity index (χ1n) is 9.79. The lowest BCUT2D eigenvalue weighted by molar-refractivity contribution is 0.292. The van der Waals surface area contributed by atoms with E-state index in [1.165, 1.54) is 0 Å². The van der Waals surface area contributed by atoms with Crippen LogP contribution in [-0.4, -0.2) is 24.3 Å². The van der Waals surface area contributed by atoms with Gasteiger partial charge in [-0.05, 0) is 54.4 Å². The number of hydrogen-bond donors (Lipinski definition) is 0. The molecule has 2 aromatic carbocycles. The van der Waals surface area contributed by atoms with Gasteiger partial charge in [-0.1, -0.05) is 24.3 Å². The van der Waals surface area contributed by atoms with Crippen LogP contribution in [0.15, 0.2) is 79.3 Å². The van der Waals surface area contributed by atoms with Crippen LogP contribution in [0.4, 0.5) is 0 Å². The number of rotatable bonds is 5. The molecule has 148 valence electrons. The number of para-hydroxylation sites is 2. The number of pyridine rings is 1. The van der Waals surface area contributed by atoms with Crippen LogP contribution in [0, 0.1) is 6.92 Å². The van der Waals surface area contributed by atoms with Crippen molar-refractivity contribution in [3.8, 4) is 22.7 Å². The molecule has 0 aliphatic rings. The molecule has 6 nitrogen and oxygen atoms in total. The van der Waals surface area contributed by atoms with E-state index in [2.05, 4.69) is 50.0 Å². The number of fused-ring (bicyclic) bond motifs is 1. The van der Waals surface area contributed by atoms with Crippen LogP contribution in [0.1, 0.15) is 11.4 Å². The van der Waals surface area contributed by atoms with E-state index in [4.69, 9.17) is 4.74 Å². The van der Waals surface area contributed by atoms with Crippen molar-refractivity contribution in [2.45, 2.75) is 13.5 Å². The van der Waals surface area contributed by atoms with E-state index >= 15 is 0 Å². The van der Waals surface area contributed by atoms with Gasteiger partial charge in [0.1, 0.15) is 12.4 Å². The van der Waals surface area contributed by atoms with E-state index in [0.717, 1.165) is 39.2 Å². The number of hydrogen-bond acceptors (Lipinski definition) is 4. The molecular weight excluding hydrogens is 374 g/mol. The summed E-state index contributed by atoms with van der Waals surface area (Å²) in [6.07, 6.45) is 5.50. The Bertz CT molecular complexity index is 1300. The zero-order chi connectivity index (χ0) is 20.5. The molecule has 0 aliphatic heterocycles. The summed E-state index contributed by atoms with van der Waals surface area (Å²) in [6, 6.07) is 20.4. The predicted molar refractivity (Wildman–Crippen MR) is 117 cm³/mol. The van der Waals surface area contributed by atoms with Crippen molar-refractivity contribution < 1.29 is 4.74 Å². The van der Waals surface area contributed by atoms with E-state index in [1.807, 2.05) is 50.5 Å². The van der Waals surface area contributed by atoms with Crippen LogP contribution in [0.2, 0.25) is 0 Å². The van der Waals surface area contributed by atoms with Crippen LogP contribution in [0.3, 0.4) is 0 Å². The van der Waals surface area contributed by atoms with Gasteiger partial charge in [0.05, 0.1) is 16.6 Å². The lowest BCUT2D eigenvalue weighted by Gasteiger charge is -2.09. The Morgan fingerprint density at radius 3 is 2.50 bits per heavy atom. The van der Waals surface area contributed by atoms with Crippen molar-refractivity contribution in [2.24, 2.45) is 7.05 Å². The van der Waals surface area contributed by atoms with Gasteiger partial charge in [0.15, 0.2) is 0 Å². The highest BCUT2D eigenvalue weighted by atomic mass is 16.5. The van der Waals surface area contributed by atoms with Gasteiger partial charge in [-0.15, -0.1) is 5.10 Å². The Morgan fingerprint density at radius 2 is 1.70 bits per heavy atom. The monoisotopic (exact) mass is 395 g/mol. The molecule has 0 radical (unpaired) electrons. The molecule has 0 spiro atoms. The largest absolute Gasteiger partial charge is 0.471 e. The molecule has 0 amide bonds. The second kappa shape index (κ2) is 7.48. The third-order valence-electron chi connectivity index (χ3n) is 5.08. The van der Waals surface area contributed by atoms with Crippen molar-refractivity contribution in [3.05, 3.63) is 90.6 Å². The van der Waals surface area contributed by atoms with Gasteiger partial charge in [0.25, 0.3) is 0 Å². The van der Waals surface area contributed by atoms with Crippen LogP contribution < -0.4 is 4.74 Å². The molecule has 5 rings (SSSR count). The highest BCUT2D eigenvalue weighted by molar-refractivity contribution is 5.78. The molecule has 6 heteroatoms. The summed E-state index contributed by atoms with van der Waals surface area (Å²) in [5.41, 5.74) is 6.26. The molecule has 30 heavy (non-hydrogen) atoms. The minimum Gasteiger partial charge on any atom is -0.471 e. The number of aromatic nitrogens is 5. The predicted octanol–water partition coefficient (Wildman–Crippen LogP) is 4.71. The molecule has 0 saturated carbocycles. The average Bonchev–Trinajstić information content (AvgIpc) is 3.32. The molecule has 0 bridgehead atoms. The first kappa shape index (κ1) is 18.1. The Balaban J connectivity index is 1.37. The maximum Gasteiger partial charge on any atom is 0.241 e. The standard InChI is InChI=1S/C24H21N5O/c1-17-26-22-5-3-4-6-23(22)29(17)20-9-7-18(8-10-20)16-30-24-21(15-28(2)27-24)19-11-13-25-14-12-19/h3-15H,16H2,1-2H3. The van der Waals surface area contributed by atoms with Gasteiger partial charge in [0.2, 0.25) is 5.88 Å². The van der Waals surface area contributed by atoms with Gasteiger partial charge in [-0.3, -0.25) is 14.2 Å². The summed E-state index contributed by atoms with van der Waals surface area (Å²) < 4.78 is 9.98. The van der Waals surface area contributed by atoms with Gasteiger partial charge >= 0.3 is 0 Å². The van der Waals surface area contributed by atoms with Gasteiger partial charge in [-0.25, -0.2) is 4.98 Å². The lowest BCUT2D eigenvalue weighted by Crippen LogP contribution is -2.00. The fraction of sp³-hybridized carbons (Fsp3) is 0.125. The minimum absolute atomic E-state index is 0.443. The number of aryl methyl sites for hydroxylation is 2. The molecule has 0 saturated heterocycles. The summed E-state index contributed by atoms with van der Waals surface area (Å²) in [5.74, 6) is 1.58. The molecule has 5 aromatic rings. The summed E-state index contributed by atoms with van der Waals surface area (Å²) in [6.45, 7) is 2.47. The fourth-order valence-electron chi connectivity index (χ4n) is 3.67. The third-order valence-corrected chi connectivity index (χ3v) is 5.08. The maximum absolute atomic E-state index is 6.05. The first-order chi connectivity index (χ1) is 14.7. The van der Waals surface area contributed by atoms with Crippen LogP contribution in [-0.2, 0) is 13.7 Å². The highest BCUT2D eigenvalue weighted by Crippen LogP contribution is 2.29. The first-order valence-corrected chi connectivity index (χ1v) is 9.79. The van der Waals surface area contributed by atoms with Crippen molar-refractivity contribution in [3.63, 3.8) is 0 Å². The SMILES string of the molecule is Cc1nc2ccccc2n1-c1ccc(COc2nn(C)cc2-c2ccncc2)cc1. The van der Waals surface area contributed by atoms with Gasteiger partial charge in [-0.2, -0.15) is 0 Å². The summed E-state index contributed by atoms with van der Waals surface area (Å²) in [7, 11) is 1.89. The molecule has 0 atom stereocenters. The van der Waals surface area contributed by atoms with Crippen molar-refractivity contribution in [1.82, 2.24) is 24.3 Å². The summed E-state index contributed by atoms with van der Waals surface area (Å²) >= 11 is 0. The van der Waals surface area contributed by atoms with Crippen molar-refractivity contribution in [1.29, 1.82) is 0 Å². The summed E-state index contributed by atoms with van der Waals surface area (Å²) in [5, 5.41) is 4.47. The molecule has 3 heterocycles. The molecule has 3 aromatic heterocycles. The topological polar surface area (TPSA) is 57.8 Å². The van der Waals surface area contributed by atoms with Gasteiger partial charge < -0.3 is 4.74 Å². The van der Waals surface area contributed by atoms with Gasteiger partial charge in [0, 0.05) is 31.3 Å². The Morgan fingerprint density at radius 1 is 0.933 bits per heavy atom. The smallest absolute Gasteiger partial charge is 0.241 e. The van der Waals surface area contributed by atoms with Crippen LogP contribution in [0.5, 0.6) is 5.88 Å². The highest BCUT2D eigenvalue weighted by Gasteiger charge is 2.12. The van der Waals surface area contributed by atoms with Crippen molar-refractivity contribution >= 4 is 11.0 Å². The zero-order valence-electron chi connectivity index (χ0n) is 16.9. The second-order valence-corrected chi connectivity index (χ2v) is 7.20. The molecular formula is C24H21N5O. The zero-order valence-corrected chi connectivity index (χ0v) is 16.9. The fourth-order valence-corrected chi connectivity index (χ4v) is 3.67. The van der Waals surface area contributed by atoms with E-state index in [9.17, 15) is 0 Å². The van der Waals surface area contributed by atoms with Crippen LogP contribution in [0.25, 0.3) is 27.8 Å². The molecule has 0 fully saturated rings. The number of benzene rings is 2. The quantitative estimate of drug-likeness (QED) is 0.432. The second-order valence-electron chi connectivity index (χ2n) is 7.20. The minimum atomic E-state index is 0.443. The normalized spacial score (nSPS) is 11.1. The average molecular weight is 395 g/mol. The van der Waals surface area contributed by atoms with Crippen molar-refractivity contribution in [2.75, 3.05) is 0 Å². The van der Waals surface area contributed by atoms with E-state index in [1.54, 1.807) is 17.1 Å². The Hall–Kier alpha value is -3.93. The number of imidazole rings is 1. The van der Waals surface area contributed by atoms with E-state index in [-0.39, 0.29) is 0 Å². The Labute approximate surface area is 174 Å². The molecule has 0 aliphatic carbocycles. The lowest BCUT2D eigenvalue weighted by atomic mass is 10.1. The van der Waals surface area contributed by atoms with E-state index < -0.39 is 0 Å². The molecule has 0 unspecified atom stereocenters. The number of nitrogens with zero attached hydrogens (tertiary/aromatic N) is 5. The summed E-state index contributed by atoms with van der Waals surface area (Å²) in [4.78, 5) is 8.73. The number of ether oxygens (including phenoxy) is 1. The Kier molecular flexibility index (Phi) is 4.52. The molecule has 0 N–H and O–H groups in total.